The minimum atomic E-state index is 0.0250. The summed E-state index contributed by atoms with van der Waals surface area (Å²) < 4.78 is 5.33. The van der Waals surface area contributed by atoms with Crippen LogP contribution in [0, 0.1) is 0 Å². The van der Waals surface area contributed by atoms with E-state index in [0.29, 0.717) is 0 Å². The predicted octanol–water partition coefficient (Wildman–Crippen LogP) is 2.41. The predicted molar refractivity (Wildman–Crippen MR) is 85.9 cm³/mol. The van der Waals surface area contributed by atoms with Crippen molar-refractivity contribution in [2.75, 3.05) is 7.11 Å². The number of aliphatic imine (C=N–C) groups is 2. The fraction of sp³-hybridized carbons (Fsp3) is 0.0588. The molecule has 1 aromatic rings. The van der Waals surface area contributed by atoms with Crippen LogP contribution in [0.2, 0.25) is 0 Å². The number of allylic oxidation sites excluding steroid dienone is 4. The van der Waals surface area contributed by atoms with Crippen molar-refractivity contribution in [3.05, 3.63) is 77.4 Å². The summed E-state index contributed by atoms with van der Waals surface area (Å²) >= 11 is 0. The Balaban J connectivity index is 1.86. The largest absolute Gasteiger partial charge is 0.497 e. The van der Waals surface area contributed by atoms with E-state index in [4.69, 9.17) is 15.6 Å². The molecule has 22 heavy (non-hydrogen) atoms. The first-order valence-electron chi connectivity index (χ1n) is 6.98. The summed E-state index contributed by atoms with van der Waals surface area (Å²) in [5.74, 6) is 8.15. The van der Waals surface area contributed by atoms with Gasteiger partial charge in [0.2, 0.25) is 5.70 Å². The van der Waals surface area contributed by atoms with E-state index in [1.54, 1.807) is 19.5 Å². The average Bonchev–Trinajstić information content (AvgIpc) is 2.79. The summed E-state index contributed by atoms with van der Waals surface area (Å²) in [7, 11) is 1.65. The maximum atomic E-state index is 6.62. The maximum Gasteiger partial charge on any atom is 0.265 e. The van der Waals surface area contributed by atoms with Gasteiger partial charge in [-0.25, -0.2) is 0 Å². The monoisotopic (exact) mass is 291 g/mol. The van der Waals surface area contributed by atoms with Gasteiger partial charge < -0.3 is 4.74 Å². The van der Waals surface area contributed by atoms with Crippen LogP contribution in [0.15, 0.2) is 81.8 Å². The van der Waals surface area contributed by atoms with Crippen molar-refractivity contribution in [3.63, 3.8) is 0 Å². The van der Waals surface area contributed by atoms with Gasteiger partial charge in [-0.05, 0) is 18.2 Å². The maximum absolute atomic E-state index is 6.62. The van der Waals surface area contributed by atoms with Gasteiger partial charge in [0.1, 0.15) is 17.6 Å². The van der Waals surface area contributed by atoms with Gasteiger partial charge >= 0.3 is 0 Å². The zero-order chi connectivity index (χ0) is 15.2. The molecule has 2 heterocycles. The lowest BCUT2D eigenvalue weighted by atomic mass is 10.0. The number of fused-ring (bicyclic) bond motifs is 1. The number of quaternary nitrogens is 1. The third-order valence-electron chi connectivity index (χ3n) is 3.95. The Labute approximate surface area is 128 Å². The quantitative estimate of drug-likeness (QED) is 0.686. The molecule has 0 saturated heterocycles. The molecule has 3 aliphatic rings. The third kappa shape index (κ3) is 1.73. The summed E-state index contributed by atoms with van der Waals surface area (Å²) in [5.41, 5.74) is 3.74. The highest BCUT2D eigenvalue weighted by molar-refractivity contribution is 6.01. The molecule has 0 aromatic heterocycles. The second-order valence-corrected chi connectivity index (χ2v) is 5.24. The van der Waals surface area contributed by atoms with Crippen molar-refractivity contribution in [3.8, 4) is 5.75 Å². The highest BCUT2D eigenvalue weighted by Crippen LogP contribution is 2.36. The Hall–Kier alpha value is -2.76. The highest BCUT2D eigenvalue weighted by atomic mass is 16.5. The van der Waals surface area contributed by atoms with Crippen LogP contribution in [0.4, 0.5) is 0 Å². The summed E-state index contributed by atoms with van der Waals surface area (Å²) in [5, 5.41) is 0. The van der Waals surface area contributed by atoms with Crippen LogP contribution in [0.3, 0.4) is 0 Å². The van der Waals surface area contributed by atoms with Gasteiger partial charge in [0.05, 0.1) is 25.1 Å². The molecule has 5 nitrogen and oxygen atoms in total. The molecule has 1 atom stereocenters. The summed E-state index contributed by atoms with van der Waals surface area (Å²) in [6, 6.07) is 7.76. The lowest BCUT2D eigenvalue weighted by Gasteiger charge is -2.26. The molecule has 0 saturated carbocycles. The summed E-state index contributed by atoms with van der Waals surface area (Å²) in [6.07, 6.45) is 11.4. The van der Waals surface area contributed by atoms with Crippen LogP contribution in [0.5, 0.6) is 5.75 Å². The molecule has 2 N–H and O–H groups in total. The van der Waals surface area contributed by atoms with Gasteiger partial charge in [0.25, 0.3) is 5.84 Å². The van der Waals surface area contributed by atoms with Crippen LogP contribution in [-0.2, 0) is 0 Å². The molecule has 0 radical (unpaired) electrons. The Morgan fingerprint density at radius 2 is 2.14 bits per heavy atom. The number of nitrogens with two attached hydrogens (primary N) is 1. The Kier molecular flexibility index (Phi) is 2.72. The molecule has 0 bridgehead atoms. The van der Waals surface area contributed by atoms with Gasteiger partial charge in [-0.1, -0.05) is 24.3 Å². The van der Waals surface area contributed by atoms with E-state index in [1.807, 2.05) is 48.7 Å². The van der Waals surface area contributed by atoms with Crippen LogP contribution < -0.4 is 10.6 Å². The molecular weight excluding hydrogens is 276 g/mol. The SMILES string of the molecule is COc1cccc(C2=NC(C3=CC=C3)=C3C=NC=C[N+]23N)c1. The number of hydrogen-bond donors (Lipinski definition) is 1. The highest BCUT2D eigenvalue weighted by Gasteiger charge is 2.44. The molecule has 0 fully saturated rings. The number of hydrogen-bond acceptors (Lipinski definition) is 4. The fourth-order valence-corrected chi connectivity index (χ4v) is 2.70. The molecule has 1 aromatic carbocycles. The number of ether oxygens (including phenoxy) is 1. The lowest BCUT2D eigenvalue weighted by molar-refractivity contribution is -0.750. The average molecular weight is 291 g/mol. The number of benzene rings is 1. The number of rotatable bonds is 3. The first-order valence-corrected chi connectivity index (χ1v) is 6.98. The molecular formula is C17H15N4O+. The first-order chi connectivity index (χ1) is 10.7. The van der Waals surface area contributed by atoms with Crippen molar-refractivity contribution < 1.29 is 9.33 Å². The molecule has 2 aliphatic heterocycles. The number of methoxy groups -OCH3 is 1. The van der Waals surface area contributed by atoms with Crippen molar-refractivity contribution in [1.82, 2.24) is 0 Å². The minimum absolute atomic E-state index is 0.0250. The van der Waals surface area contributed by atoms with Crippen molar-refractivity contribution in [2.24, 2.45) is 15.8 Å². The normalized spacial score (nSPS) is 24.8. The van der Waals surface area contributed by atoms with E-state index in [1.165, 1.54) is 0 Å². The first kappa shape index (κ1) is 12.9. The van der Waals surface area contributed by atoms with Crippen molar-refractivity contribution in [1.29, 1.82) is 0 Å². The van der Waals surface area contributed by atoms with E-state index in [9.17, 15) is 0 Å². The van der Waals surface area contributed by atoms with Gasteiger partial charge in [-0.3, -0.25) is 4.99 Å². The molecule has 1 unspecified atom stereocenters. The van der Waals surface area contributed by atoms with Gasteiger partial charge in [0.15, 0.2) is 0 Å². The van der Waals surface area contributed by atoms with E-state index in [2.05, 4.69) is 4.99 Å². The third-order valence-corrected chi connectivity index (χ3v) is 3.95. The van der Waals surface area contributed by atoms with Crippen LogP contribution in [-0.4, -0.2) is 23.8 Å². The number of nitrogens with zero attached hydrogens (tertiary/aromatic N) is 3. The Morgan fingerprint density at radius 3 is 2.86 bits per heavy atom. The zero-order valence-electron chi connectivity index (χ0n) is 12.1. The molecule has 108 valence electrons. The molecule has 4 rings (SSSR count). The van der Waals surface area contributed by atoms with Gasteiger partial charge in [-0.2, -0.15) is 10.8 Å². The molecule has 0 spiro atoms. The summed E-state index contributed by atoms with van der Waals surface area (Å²) in [6.45, 7) is 0. The Bertz CT molecular complexity index is 842. The zero-order valence-corrected chi connectivity index (χ0v) is 12.1. The van der Waals surface area contributed by atoms with Gasteiger partial charge in [-0.15, -0.1) is 4.59 Å². The molecule has 0 amide bonds. The van der Waals surface area contributed by atoms with Crippen LogP contribution in [0.25, 0.3) is 0 Å². The lowest BCUT2D eigenvalue weighted by Crippen LogP contribution is -2.53. The Morgan fingerprint density at radius 1 is 1.27 bits per heavy atom. The smallest absolute Gasteiger partial charge is 0.265 e. The second-order valence-electron chi connectivity index (χ2n) is 5.24. The summed E-state index contributed by atoms with van der Waals surface area (Å²) in [4.78, 5) is 9.01. The van der Waals surface area contributed by atoms with Crippen LogP contribution >= 0.6 is 0 Å². The number of amidine groups is 1. The van der Waals surface area contributed by atoms with E-state index in [0.717, 1.165) is 34.1 Å². The van der Waals surface area contributed by atoms with Crippen molar-refractivity contribution in [2.45, 2.75) is 0 Å². The second kappa shape index (κ2) is 4.62. The molecule has 5 heteroatoms. The van der Waals surface area contributed by atoms with E-state index in [-0.39, 0.29) is 4.59 Å². The van der Waals surface area contributed by atoms with Crippen molar-refractivity contribution >= 4 is 12.1 Å². The minimum Gasteiger partial charge on any atom is -0.497 e. The topological polar surface area (TPSA) is 60.0 Å². The van der Waals surface area contributed by atoms with E-state index >= 15 is 0 Å². The van der Waals surface area contributed by atoms with E-state index < -0.39 is 0 Å². The van der Waals surface area contributed by atoms with Gasteiger partial charge in [0, 0.05) is 5.57 Å². The standard InChI is InChI=1S/C17H15N4O/c1-22-14-7-3-6-13(10-14)17-20-16(12-4-2-5-12)15-11-19-8-9-21(15,17)18/h2-11H,18H2,1H3/q+1. The fourth-order valence-electron chi connectivity index (χ4n) is 2.70. The molecule has 1 aliphatic carbocycles. The van der Waals surface area contributed by atoms with Crippen LogP contribution in [0.1, 0.15) is 5.56 Å².